The average Bonchev–Trinajstić information content (AvgIpc) is 3.17. The lowest BCUT2D eigenvalue weighted by Gasteiger charge is -2.06. The number of aromatic nitrogens is 3. The molecule has 0 atom stereocenters. The normalized spacial score (nSPS) is 14.9. The van der Waals surface area contributed by atoms with E-state index in [4.69, 9.17) is 0 Å². The van der Waals surface area contributed by atoms with Gasteiger partial charge >= 0.3 is 0 Å². The number of benzene rings is 1. The van der Waals surface area contributed by atoms with Gasteiger partial charge in [0.05, 0.1) is 18.4 Å². The Morgan fingerprint density at radius 3 is 2.65 bits per heavy atom. The van der Waals surface area contributed by atoms with Crippen LogP contribution >= 0.6 is 0 Å². The van der Waals surface area contributed by atoms with Crippen molar-refractivity contribution in [2.45, 2.75) is 51.7 Å². The van der Waals surface area contributed by atoms with Crippen molar-refractivity contribution in [1.29, 1.82) is 0 Å². The summed E-state index contributed by atoms with van der Waals surface area (Å²) in [5, 5.41) is 11.9. The second kappa shape index (κ2) is 5.75. The van der Waals surface area contributed by atoms with Crippen molar-refractivity contribution >= 4 is 0 Å². The zero-order chi connectivity index (χ0) is 13.9. The molecule has 1 aromatic carbocycles. The number of rotatable bonds is 6. The van der Waals surface area contributed by atoms with Crippen LogP contribution in [0.3, 0.4) is 0 Å². The average molecular weight is 270 g/mol. The SMILES string of the molecule is CC(C)c1ccc(Cn2cc(CNC3CC3)nn2)cc1. The molecule has 4 heteroatoms. The van der Waals surface area contributed by atoms with Gasteiger partial charge in [-0.25, -0.2) is 4.68 Å². The minimum Gasteiger partial charge on any atom is -0.308 e. The Morgan fingerprint density at radius 2 is 2.00 bits per heavy atom. The van der Waals surface area contributed by atoms with Crippen molar-refractivity contribution in [2.24, 2.45) is 0 Å². The van der Waals surface area contributed by atoms with E-state index < -0.39 is 0 Å². The molecule has 0 saturated heterocycles. The second-order valence-corrected chi connectivity index (χ2v) is 5.96. The van der Waals surface area contributed by atoms with Gasteiger partial charge in [0.25, 0.3) is 0 Å². The molecule has 1 aliphatic rings. The lowest BCUT2D eigenvalue weighted by Crippen LogP contribution is -2.15. The Labute approximate surface area is 120 Å². The van der Waals surface area contributed by atoms with E-state index in [0.717, 1.165) is 18.8 Å². The summed E-state index contributed by atoms with van der Waals surface area (Å²) in [7, 11) is 0. The van der Waals surface area contributed by atoms with Gasteiger partial charge in [-0.1, -0.05) is 43.3 Å². The topological polar surface area (TPSA) is 42.7 Å². The molecule has 2 aromatic rings. The van der Waals surface area contributed by atoms with E-state index in [1.54, 1.807) is 0 Å². The fraction of sp³-hybridized carbons (Fsp3) is 0.500. The lowest BCUT2D eigenvalue weighted by molar-refractivity contribution is 0.646. The fourth-order valence-electron chi connectivity index (χ4n) is 2.23. The highest BCUT2D eigenvalue weighted by atomic mass is 15.4. The Morgan fingerprint density at radius 1 is 1.25 bits per heavy atom. The van der Waals surface area contributed by atoms with E-state index in [-0.39, 0.29) is 0 Å². The van der Waals surface area contributed by atoms with E-state index >= 15 is 0 Å². The van der Waals surface area contributed by atoms with Gasteiger partial charge < -0.3 is 5.32 Å². The fourth-order valence-corrected chi connectivity index (χ4v) is 2.23. The van der Waals surface area contributed by atoms with Crippen molar-refractivity contribution in [3.05, 3.63) is 47.3 Å². The van der Waals surface area contributed by atoms with Crippen LogP contribution in [0, 0.1) is 0 Å². The standard InChI is InChI=1S/C16H22N4/c1-12(2)14-5-3-13(4-6-14)10-20-11-16(18-19-20)9-17-15-7-8-15/h3-6,11-12,15,17H,7-10H2,1-2H3. The largest absolute Gasteiger partial charge is 0.308 e. The van der Waals surface area contributed by atoms with E-state index in [2.05, 4.69) is 53.7 Å². The molecule has 20 heavy (non-hydrogen) atoms. The van der Waals surface area contributed by atoms with Crippen LogP contribution in [0.5, 0.6) is 0 Å². The highest BCUT2D eigenvalue weighted by molar-refractivity contribution is 5.24. The Kier molecular flexibility index (Phi) is 3.83. The van der Waals surface area contributed by atoms with Crippen LogP contribution in [0.15, 0.2) is 30.5 Å². The quantitative estimate of drug-likeness (QED) is 0.877. The summed E-state index contributed by atoms with van der Waals surface area (Å²) in [6.07, 6.45) is 4.64. The van der Waals surface area contributed by atoms with Gasteiger partial charge in [-0.15, -0.1) is 5.10 Å². The maximum absolute atomic E-state index is 4.21. The van der Waals surface area contributed by atoms with Crippen molar-refractivity contribution in [1.82, 2.24) is 20.3 Å². The first kappa shape index (κ1) is 13.3. The first-order valence-corrected chi connectivity index (χ1v) is 7.42. The third kappa shape index (κ3) is 3.45. The maximum Gasteiger partial charge on any atom is 0.0965 e. The van der Waals surface area contributed by atoms with Crippen LogP contribution in [0.1, 0.15) is 49.4 Å². The molecule has 1 aliphatic carbocycles. The highest BCUT2D eigenvalue weighted by Crippen LogP contribution is 2.19. The summed E-state index contributed by atoms with van der Waals surface area (Å²) in [5.74, 6) is 0.579. The summed E-state index contributed by atoms with van der Waals surface area (Å²) < 4.78 is 1.91. The minimum atomic E-state index is 0.579. The molecule has 0 radical (unpaired) electrons. The Balaban J connectivity index is 1.58. The summed E-state index contributed by atoms with van der Waals surface area (Å²) in [4.78, 5) is 0. The predicted molar refractivity (Wildman–Crippen MR) is 79.5 cm³/mol. The zero-order valence-electron chi connectivity index (χ0n) is 12.2. The van der Waals surface area contributed by atoms with Crippen LogP contribution in [0.25, 0.3) is 0 Å². The summed E-state index contributed by atoms with van der Waals surface area (Å²) in [5.41, 5.74) is 3.67. The van der Waals surface area contributed by atoms with Gasteiger partial charge in [-0.3, -0.25) is 0 Å². The molecule has 1 N–H and O–H groups in total. The number of nitrogens with one attached hydrogen (secondary N) is 1. The van der Waals surface area contributed by atoms with Gasteiger partial charge in [-0.05, 0) is 29.9 Å². The third-order valence-corrected chi connectivity index (χ3v) is 3.73. The van der Waals surface area contributed by atoms with E-state index in [9.17, 15) is 0 Å². The highest BCUT2D eigenvalue weighted by Gasteiger charge is 2.20. The van der Waals surface area contributed by atoms with Crippen molar-refractivity contribution in [3.8, 4) is 0 Å². The molecule has 1 heterocycles. The monoisotopic (exact) mass is 270 g/mol. The zero-order valence-corrected chi connectivity index (χ0v) is 12.2. The Hall–Kier alpha value is -1.68. The minimum absolute atomic E-state index is 0.579. The number of nitrogens with zero attached hydrogens (tertiary/aromatic N) is 3. The first-order valence-electron chi connectivity index (χ1n) is 7.42. The number of hydrogen-bond acceptors (Lipinski definition) is 3. The second-order valence-electron chi connectivity index (χ2n) is 5.96. The van der Waals surface area contributed by atoms with E-state index in [0.29, 0.717) is 12.0 Å². The molecule has 4 nitrogen and oxygen atoms in total. The van der Waals surface area contributed by atoms with Crippen LogP contribution in [-0.2, 0) is 13.1 Å². The molecule has 0 spiro atoms. The van der Waals surface area contributed by atoms with Crippen LogP contribution in [0.2, 0.25) is 0 Å². The molecule has 1 aromatic heterocycles. The van der Waals surface area contributed by atoms with Gasteiger partial charge in [0.2, 0.25) is 0 Å². The van der Waals surface area contributed by atoms with Gasteiger partial charge in [0.1, 0.15) is 0 Å². The van der Waals surface area contributed by atoms with Gasteiger partial charge in [0.15, 0.2) is 0 Å². The van der Waals surface area contributed by atoms with E-state index in [1.807, 2.05) is 10.9 Å². The van der Waals surface area contributed by atoms with Crippen molar-refractivity contribution < 1.29 is 0 Å². The van der Waals surface area contributed by atoms with Crippen LogP contribution in [-0.4, -0.2) is 21.0 Å². The lowest BCUT2D eigenvalue weighted by atomic mass is 10.0. The molecule has 3 rings (SSSR count). The Bertz CT molecular complexity index is 552. The predicted octanol–water partition coefficient (Wildman–Crippen LogP) is 2.70. The molecular weight excluding hydrogens is 248 g/mol. The van der Waals surface area contributed by atoms with Crippen LogP contribution in [0.4, 0.5) is 0 Å². The molecule has 0 bridgehead atoms. The molecule has 0 amide bonds. The van der Waals surface area contributed by atoms with Crippen molar-refractivity contribution in [2.75, 3.05) is 0 Å². The van der Waals surface area contributed by atoms with Crippen molar-refractivity contribution in [3.63, 3.8) is 0 Å². The third-order valence-electron chi connectivity index (χ3n) is 3.73. The molecule has 1 saturated carbocycles. The summed E-state index contributed by atoms with van der Waals surface area (Å²) >= 11 is 0. The summed E-state index contributed by atoms with van der Waals surface area (Å²) in [6, 6.07) is 9.47. The molecular formula is C16H22N4. The smallest absolute Gasteiger partial charge is 0.0965 e. The molecule has 1 fully saturated rings. The molecule has 0 unspecified atom stereocenters. The molecule has 106 valence electrons. The van der Waals surface area contributed by atoms with Gasteiger partial charge in [-0.2, -0.15) is 0 Å². The first-order chi connectivity index (χ1) is 9.70. The van der Waals surface area contributed by atoms with E-state index in [1.165, 1.54) is 24.0 Å². The van der Waals surface area contributed by atoms with Gasteiger partial charge in [0, 0.05) is 12.6 Å². The van der Waals surface area contributed by atoms with Crippen LogP contribution < -0.4 is 5.32 Å². The maximum atomic E-state index is 4.21. The summed E-state index contributed by atoms with van der Waals surface area (Å²) in [6.45, 7) is 6.04. The molecule has 0 aliphatic heterocycles. The number of hydrogen-bond donors (Lipinski definition) is 1.